The molecule has 0 atom stereocenters. The Labute approximate surface area is 179 Å². The van der Waals surface area contributed by atoms with Gasteiger partial charge in [-0.25, -0.2) is 4.90 Å². The molecule has 0 spiro atoms. The van der Waals surface area contributed by atoms with Gasteiger partial charge in [0.1, 0.15) is 0 Å². The Kier molecular flexibility index (Phi) is 5.14. The first-order valence-electron chi connectivity index (χ1n) is 9.48. The third-order valence-electron chi connectivity index (χ3n) is 5.12. The summed E-state index contributed by atoms with van der Waals surface area (Å²) in [5, 5.41) is 3.44. The van der Waals surface area contributed by atoms with Crippen molar-refractivity contribution in [3.8, 4) is 0 Å². The molecule has 3 aromatic rings. The van der Waals surface area contributed by atoms with Crippen molar-refractivity contribution in [2.45, 2.75) is 20.4 Å². The summed E-state index contributed by atoms with van der Waals surface area (Å²) in [7, 11) is 0. The number of fused-ring (bicyclic) bond motifs is 1. The molecule has 6 heteroatoms. The average molecular weight is 419 g/mol. The second kappa shape index (κ2) is 7.76. The highest BCUT2D eigenvalue weighted by atomic mass is 35.5. The van der Waals surface area contributed by atoms with E-state index in [1.807, 2.05) is 44.2 Å². The summed E-state index contributed by atoms with van der Waals surface area (Å²) in [6.45, 7) is 4.09. The maximum atomic E-state index is 13.0. The molecule has 30 heavy (non-hydrogen) atoms. The Morgan fingerprint density at radius 3 is 2.33 bits per heavy atom. The molecular formula is C24H19ClN2O3. The number of nitrogens with one attached hydrogen (secondary N) is 1. The summed E-state index contributed by atoms with van der Waals surface area (Å²) in [5.74, 6) is -1.12. The van der Waals surface area contributed by atoms with E-state index < -0.39 is 5.91 Å². The molecule has 0 unspecified atom stereocenters. The van der Waals surface area contributed by atoms with Gasteiger partial charge in [-0.3, -0.25) is 14.4 Å². The lowest BCUT2D eigenvalue weighted by atomic mass is 10.1. The number of aryl methyl sites for hydroxylation is 2. The zero-order chi connectivity index (χ0) is 21.4. The van der Waals surface area contributed by atoms with Crippen LogP contribution >= 0.6 is 11.6 Å². The van der Waals surface area contributed by atoms with E-state index in [1.165, 1.54) is 17.0 Å². The largest absolute Gasteiger partial charge is 0.348 e. The first kappa shape index (κ1) is 19.9. The molecule has 0 bridgehead atoms. The molecule has 5 nitrogen and oxygen atoms in total. The Hall–Kier alpha value is -3.44. The van der Waals surface area contributed by atoms with Crippen molar-refractivity contribution in [3.05, 3.63) is 99.1 Å². The van der Waals surface area contributed by atoms with Crippen LogP contribution in [0.15, 0.2) is 60.7 Å². The molecule has 1 N–H and O–H groups in total. The van der Waals surface area contributed by atoms with Crippen molar-refractivity contribution in [1.82, 2.24) is 5.32 Å². The van der Waals surface area contributed by atoms with Crippen LogP contribution in [-0.2, 0) is 6.54 Å². The maximum Gasteiger partial charge on any atom is 0.266 e. The Morgan fingerprint density at radius 2 is 1.60 bits per heavy atom. The van der Waals surface area contributed by atoms with Crippen molar-refractivity contribution in [2.24, 2.45) is 0 Å². The summed E-state index contributed by atoms with van der Waals surface area (Å²) in [6.07, 6.45) is 0. The Bertz CT molecular complexity index is 1190. The first-order valence-corrected chi connectivity index (χ1v) is 9.85. The minimum atomic E-state index is -0.420. The number of benzene rings is 3. The molecule has 150 valence electrons. The van der Waals surface area contributed by atoms with Crippen molar-refractivity contribution < 1.29 is 14.4 Å². The van der Waals surface area contributed by atoms with Crippen molar-refractivity contribution >= 4 is 35.0 Å². The molecule has 3 aromatic carbocycles. The molecular weight excluding hydrogens is 400 g/mol. The Balaban J connectivity index is 1.57. The molecule has 1 aliphatic heterocycles. The summed E-state index contributed by atoms with van der Waals surface area (Å²) >= 11 is 5.87. The van der Waals surface area contributed by atoms with E-state index in [0.717, 1.165) is 16.7 Å². The van der Waals surface area contributed by atoms with E-state index in [1.54, 1.807) is 18.2 Å². The molecule has 0 aliphatic carbocycles. The molecule has 3 amide bonds. The van der Waals surface area contributed by atoms with Gasteiger partial charge in [0.05, 0.1) is 16.8 Å². The topological polar surface area (TPSA) is 66.5 Å². The number of hydrogen-bond donors (Lipinski definition) is 1. The minimum absolute atomic E-state index is 0.236. The normalized spacial score (nSPS) is 12.8. The number of rotatable bonds is 4. The number of halogens is 1. The SMILES string of the molecule is Cc1ccc(C)c(N2C(=O)c3ccc(C(=O)NCc4ccc(Cl)cc4)cc3C2=O)c1. The van der Waals surface area contributed by atoms with Crippen LogP contribution < -0.4 is 10.2 Å². The van der Waals surface area contributed by atoms with Crippen LogP contribution in [-0.4, -0.2) is 17.7 Å². The average Bonchev–Trinajstić information content (AvgIpc) is 2.99. The van der Waals surface area contributed by atoms with Gasteiger partial charge in [0.2, 0.25) is 0 Å². The summed E-state index contributed by atoms with van der Waals surface area (Å²) in [5.41, 5.74) is 4.11. The number of anilines is 1. The number of carbonyl (C=O) groups excluding carboxylic acids is 3. The van der Waals surface area contributed by atoms with E-state index >= 15 is 0 Å². The van der Waals surface area contributed by atoms with E-state index in [2.05, 4.69) is 5.32 Å². The Morgan fingerprint density at radius 1 is 0.900 bits per heavy atom. The third kappa shape index (κ3) is 3.60. The molecule has 1 heterocycles. The van der Waals surface area contributed by atoms with Gasteiger partial charge in [-0.05, 0) is 66.9 Å². The predicted molar refractivity (Wildman–Crippen MR) is 116 cm³/mol. The van der Waals surface area contributed by atoms with Crippen LogP contribution in [0.3, 0.4) is 0 Å². The highest BCUT2D eigenvalue weighted by Gasteiger charge is 2.37. The van der Waals surface area contributed by atoms with Crippen LogP contribution in [0.4, 0.5) is 5.69 Å². The van der Waals surface area contributed by atoms with Gasteiger partial charge in [0.15, 0.2) is 0 Å². The van der Waals surface area contributed by atoms with Gasteiger partial charge in [0, 0.05) is 17.1 Å². The summed E-state index contributed by atoms with van der Waals surface area (Å²) in [6, 6.07) is 17.4. The van der Waals surface area contributed by atoms with Gasteiger partial charge in [-0.15, -0.1) is 0 Å². The predicted octanol–water partition coefficient (Wildman–Crippen LogP) is 4.69. The van der Waals surface area contributed by atoms with Crippen LogP contribution in [0, 0.1) is 13.8 Å². The molecule has 0 saturated carbocycles. The number of imide groups is 1. The molecule has 0 fully saturated rings. The molecule has 4 rings (SSSR count). The third-order valence-corrected chi connectivity index (χ3v) is 5.37. The highest BCUT2D eigenvalue weighted by molar-refractivity contribution is 6.35. The van der Waals surface area contributed by atoms with Crippen molar-refractivity contribution in [3.63, 3.8) is 0 Å². The monoisotopic (exact) mass is 418 g/mol. The van der Waals surface area contributed by atoms with Gasteiger partial charge < -0.3 is 5.32 Å². The highest BCUT2D eigenvalue weighted by Crippen LogP contribution is 2.31. The van der Waals surface area contributed by atoms with Gasteiger partial charge in [-0.1, -0.05) is 35.9 Å². The first-order chi connectivity index (χ1) is 14.3. The molecule has 1 aliphatic rings. The lowest BCUT2D eigenvalue weighted by Gasteiger charge is -2.17. The number of hydrogen-bond acceptors (Lipinski definition) is 3. The van der Waals surface area contributed by atoms with Crippen molar-refractivity contribution in [1.29, 1.82) is 0 Å². The van der Waals surface area contributed by atoms with Crippen LogP contribution in [0.5, 0.6) is 0 Å². The number of amides is 3. The lowest BCUT2D eigenvalue weighted by molar-refractivity contribution is 0.0923. The number of nitrogens with zero attached hydrogens (tertiary/aromatic N) is 1. The van der Waals surface area contributed by atoms with E-state index in [4.69, 9.17) is 11.6 Å². The second-order valence-corrected chi connectivity index (χ2v) is 7.74. The standard InChI is InChI=1S/C24H19ClN2O3/c1-14-3-4-15(2)21(11-14)27-23(29)19-10-7-17(12-20(19)24(27)30)22(28)26-13-16-5-8-18(25)9-6-16/h3-12H,13H2,1-2H3,(H,26,28). The van der Waals surface area contributed by atoms with E-state index in [-0.39, 0.29) is 17.4 Å². The zero-order valence-electron chi connectivity index (χ0n) is 16.5. The van der Waals surface area contributed by atoms with Crippen LogP contribution in [0.25, 0.3) is 0 Å². The lowest BCUT2D eigenvalue weighted by Crippen LogP contribution is -2.30. The molecule has 0 radical (unpaired) electrons. The van der Waals surface area contributed by atoms with E-state index in [9.17, 15) is 14.4 Å². The fourth-order valence-electron chi connectivity index (χ4n) is 3.45. The smallest absolute Gasteiger partial charge is 0.266 e. The minimum Gasteiger partial charge on any atom is -0.348 e. The van der Waals surface area contributed by atoms with Crippen molar-refractivity contribution in [2.75, 3.05) is 4.90 Å². The second-order valence-electron chi connectivity index (χ2n) is 7.31. The van der Waals surface area contributed by atoms with Gasteiger partial charge in [-0.2, -0.15) is 0 Å². The quantitative estimate of drug-likeness (QED) is 0.625. The van der Waals surface area contributed by atoms with Crippen LogP contribution in [0.1, 0.15) is 47.8 Å². The fraction of sp³-hybridized carbons (Fsp3) is 0.125. The molecule has 0 aromatic heterocycles. The zero-order valence-corrected chi connectivity index (χ0v) is 17.3. The van der Waals surface area contributed by atoms with Gasteiger partial charge in [0.25, 0.3) is 17.7 Å². The summed E-state index contributed by atoms with van der Waals surface area (Å²) < 4.78 is 0. The van der Waals surface area contributed by atoms with Crippen LogP contribution in [0.2, 0.25) is 5.02 Å². The molecule has 0 saturated heterocycles. The fourth-order valence-corrected chi connectivity index (χ4v) is 3.57. The summed E-state index contributed by atoms with van der Waals surface area (Å²) in [4.78, 5) is 39.7. The maximum absolute atomic E-state index is 13.0. The van der Waals surface area contributed by atoms with E-state index in [0.29, 0.717) is 28.4 Å². The van der Waals surface area contributed by atoms with Gasteiger partial charge >= 0.3 is 0 Å². The number of carbonyl (C=O) groups is 3.